The van der Waals surface area contributed by atoms with Gasteiger partial charge in [0.1, 0.15) is 11.4 Å². The van der Waals surface area contributed by atoms with Gasteiger partial charge in [-0.05, 0) is 32.8 Å². The highest BCUT2D eigenvalue weighted by molar-refractivity contribution is 7.88. The van der Waals surface area contributed by atoms with E-state index >= 15 is 0 Å². The molecule has 1 atom stereocenters. The predicted molar refractivity (Wildman–Crippen MR) is 95.8 cm³/mol. The maximum atomic E-state index is 12.7. The molecule has 1 fully saturated rings. The summed E-state index contributed by atoms with van der Waals surface area (Å²) in [6, 6.07) is 7.71. The summed E-state index contributed by atoms with van der Waals surface area (Å²) in [5.74, 6) is 0.678. The largest absolute Gasteiger partial charge is 0.487 e. The summed E-state index contributed by atoms with van der Waals surface area (Å²) in [6.45, 7) is 4.86. The van der Waals surface area contributed by atoms with Crippen molar-refractivity contribution in [2.45, 2.75) is 44.8 Å². The van der Waals surface area contributed by atoms with Gasteiger partial charge < -0.3 is 10.1 Å². The summed E-state index contributed by atoms with van der Waals surface area (Å²) >= 11 is 0. The van der Waals surface area contributed by atoms with Crippen molar-refractivity contribution in [1.29, 1.82) is 0 Å². The van der Waals surface area contributed by atoms with Gasteiger partial charge in [0.05, 0.1) is 12.3 Å². The second-order valence-corrected chi connectivity index (χ2v) is 9.58. The molecule has 1 aromatic rings. The first kappa shape index (κ1) is 18.2. The van der Waals surface area contributed by atoms with Crippen LogP contribution in [-0.4, -0.2) is 43.6 Å². The summed E-state index contributed by atoms with van der Waals surface area (Å²) in [5.41, 5.74) is 0.662. The van der Waals surface area contributed by atoms with Gasteiger partial charge in [0.2, 0.25) is 15.9 Å². The molecular weight excluding hydrogens is 340 g/mol. The lowest BCUT2D eigenvalue weighted by Gasteiger charge is -2.38. The first-order valence-corrected chi connectivity index (χ1v) is 10.5. The van der Waals surface area contributed by atoms with Gasteiger partial charge in [-0.25, -0.2) is 12.7 Å². The number of benzene rings is 1. The lowest BCUT2D eigenvalue weighted by Crippen LogP contribution is -2.46. The zero-order chi connectivity index (χ0) is 18.2. The highest BCUT2D eigenvalue weighted by atomic mass is 32.2. The van der Waals surface area contributed by atoms with Crippen LogP contribution in [0.5, 0.6) is 5.75 Å². The standard InChI is InChI=1S/C18H26N2O4S/c1-18(2)12-15(14-6-4-5-7-16(14)24-18)19-17(21)13-8-10-20(11-9-13)25(3,22)23/h4-7,13,15H,8-12H2,1-3H3,(H,19,21)/t15-/m0/s1. The van der Waals surface area contributed by atoms with Gasteiger partial charge >= 0.3 is 0 Å². The molecule has 0 unspecified atom stereocenters. The number of fused-ring (bicyclic) bond motifs is 1. The Bertz CT molecular complexity index is 752. The fraction of sp³-hybridized carbons (Fsp3) is 0.611. The van der Waals surface area contributed by atoms with Crippen LogP contribution in [0.1, 0.15) is 44.7 Å². The van der Waals surface area contributed by atoms with E-state index in [0.29, 0.717) is 32.4 Å². The fourth-order valence-electron chi connectivity index (χ4n) is 3.67. The molecule has 7 heteroatoms. The molecule has 0 bridgehead atoms. The van der Waals surface area contributed by atoms with E-state index in [1.54, 1.807) is 0 Å². The van der Waals surface area contributed by atoms with Gasteiger partial charge in [-0.2, -0.15) is 0 Å². The number of sulfonamides is 1. The normalized spacial score (nSPS) is 24.2. The predicted octanol–water partition coefficient (Wildman–Crippen LogP) is 2.08. The average Bonchev–Trinajstić information content (AvgIpc) is 2.53. The molecule has 0 aromatic heterocycles. The third-order valence-electron chi connectivity index (χ3n) is 4.99. The number of amides is 1. The Morgan fingerprint density at radius 1 is 1.24 bits per heavy atom. The number of nitrogens with zero attached hydrogens (tertiary/aromatic N) is 1. The van der Waals surface area contributed by atoms with Crippen molar-refractivity contribution in [3.63, 3.8) is 0 Å². The Labute approximate surface area is 149 Å². The molecule has 1 N–H and O–H groups in total. The number of carbonyl (C=O) groups excluding carboxylic acids is 1. The van der Waals surface area contributed by atoms with Gasteiger partial charge in [-0.3, -0.25) is 4.79 Å². The molecule has 138 valence electrons. The average molecular weight is 366 g/mol. The zero-order valence-corrected chi connectivity index (χ0v) is 15.8. The minimum atomic E-state index is -3.17. The summed E-state index contributed by atoms with van der Waals surface area (Å²) in [6.07, 6.45) is 3.05. The topological polar surface area (TPSA) is 75.7 Å². The lowest BCUT2D eigenvalue weighted by molar-refractivity contribution is -0.127. The van der Waals surface area contributed by atoms with Crippen molar-refractivity contribution in [2.75, 3.05) is 19.3 Å². The lowest BCUT2D eigenvalue weighted by atomic mass is 9.88. The smallest absolute Gasteiger partial charge is 0.223 e. The van der Waals surface area contributed by atoms with Crippen molar-refractivity contribution in [3.05, 3.63) is 29.8 Å². The van der Waals surface area contributed by atoms with E-state index in [1.807, 2.05) is 38.1 Å². The molecule has 2 heterocycles. The van der Waals surface area contributed by atoms with E-state index in [1.165, 1.54) is 10.6 Å². The molecule has 0 radical (unpaired) electrons. The number of ether oxygens (including phenoxy) is 1. The van der Waals surface area contributed by atoms with Crippen molar-refractivity contribution in [1.82, 2.24) is 9.62 Å². The Kier molecular flexibility index (Phi) is 4.81. The van der Waals surface area contributed by atoms with E-state index in [9.17, 15) is 13.2 Å². The second-order valence-electron chi connectivity index (χ2n) is 7.60. The maximum absolute atomic E-state index is 12.7. The van der Waals surface area contributed by atoms with Crippen LogP contribution in [0.2, 0.25) is 0 Å². The SMILES string of the molecule is CC1(C)C[C@H](NC(=O)C2CCN(S(C)(=O)=O)CC2)c2ccccc2O1. The van der Waals surface area contributed by atoms with Crippen LogP contribution in [0.15, 0.2) is 24.3 Å². The summed E-state index contributed by atoms with van der Waals surface area (Å²) < 4.78 is 30.7. The van der Waals surface area contributed by atoms with Crippen LogP contribution >= 0.6 is 0 Å². The Balaban J connectivity index is 1.68. The van der Waals surface area contributed by atoms with E-state index < -0.39 is 10.0 Å². The highest BCUT2D eigenvalue weighted by Crippen LogP contribution is 2.39. The van der Waals surface area contributed by atoms with E-state index in [4.69, 9.17) is 4.74 Å². The molecule has 2 aliphatic rings. The third kappa shape index (κ3) is 4.15. The van der Waals surface area contributed by atoms with Crippen LogP contribution in [-0.2, 0) is 14.8 Å². The Morgan fingerprint density at radius 2 is 1.88 bits per heavy atom. The summed E-state index contributed by atoms with van der Waals surface area (Å²) in [5, 5.41) is 3.17. The first-order valence-electron chi connectivity index (χ1n) is 8.69. The number of hydrogen-bond acceptors (Lipinski definition) is 4. The molecular formula is C18H26N2O4S. The number of piperidine rings is 1. The van der Waals surface area contributed by atoms with Crippen LogP contribution < -0.4 is 10.1 Å². The molecule has 0 spiro atoms. The van der Waals surface area contributed by atoms with E-state index in [0.717, 1.165) is 11.3 Å². The van der Waals surface area contributed by atoms with Gasteiger partial charge in [0.15, 0.2) is 0 Å². The van der Waals surface area contributed by atoms with E-state index in [-0.39, 0.29) is 23.5 Å². The van der Waals surface area contributed by atoms with Crippen LogP contribution in [0.3, 0.4) is 0 Å². The molecule has 25 heavy (non-hydrogen) atoms. The van der Waals surface area contributed by atoms with Crippen molar-refractivity contribution in [2.24, 2.45) is 5.92 Å². The van der Waals surface area contributed by atoms with Crippen molar-refractivity contribution in [3.8, 4) is 5.75 Å². The number of rotatable bonds is 3. The molecule has 6 nitrogen and oxygen atoms in total. The molecule has 1 aromatic carbocycles. The molecule has 0 aliphatic carbocycles. The zero-order valence-electron chi connectivity index (χ0n) is 15.0. The van der Waals surface area contributed by atoms with Crippen molar-refractivity contribution < 1.29 is 17.9 Å². The molecule has 3 rings (SSSR count). The summed E-state index contributed by atoms with van der Waals surface area (Å²) in [7, 11) is -3.17. The minimum Gasteiger partial charge on any atom is -0.487 e. The fourth-order valence-corrected chi connectivity index (χ4v) is 4.54. The molecule has 0 saturated carbocycles. The number of hydrogen-bond donors (Lipinski definition) is 1. The molecule has 1 amide bonds. The first-order chi connectivity index (χ1) is 11.7. The summed E-state index contributed by atoms with van der Waals surface area (Å²) in [4.78, 5) is 12.7. The molecule has 1 saturated heterocycles. The van der Waals surface area contributed by atoms with Crippen LogP contribution in [0.25, 0.3) is 0 Å². The Hall–Kier alpha value is -1.60. The van der Waals surface area contributed by atoms with Crippen LogP contribution in [0, 0.1) is 5.92 Å². The highest BCUT2D eigenvalue weighted by Gasteiger charge is 2.36. The monoisotopic (exact) mass is 366 g/mol. The second kappa shape index (κ2) is 6.61. The Morgan fingerprint density at radius 3 is 2.52 bits per heavy atom. The quantitative estimate of drug-likeness (QED) is 0.889. The van der Waals surface area contributed by atoms with Crippen LogP contribution in [0.4, 0.5) is 0 Å². The maximum Gasteiger partial charge on any atom is 0.223 e. The van der Waals surface area contributed by atoms with Gasteiger partial charge in [0, 0.05) is 31.0 Å². The number of carbonyl (C=O) groups is 1. The molecule has 2 aliphatic heterocycles. The number of para-hydroxylation sites is 1. The minimum absolute atomic E-state index is 0.00524. The number of nitrogens with one attached hydrogen (secondary N) is 1. The van der Waals surface area contributed by atoms with Gasteiger partial charge in [-0.15, -0.1) is 0 Å². The van der Waals surface area contributed by atoms with Crippen molar-refractivity contribution >= 4 is 15.9 Å². The van der Waals surface area contributed by atoms with E-state index in [2.05, 4.69) is 5.32 Å². The van der Waals surface area contributed by atoms with Gasteiger partial charge in [0.25, 0.3) is 0 Å². The third-order valence-corrected chi connectivity index (χ3v) is 6.29. The van der Waals surface area contributed by atoms with Gasteiger partial charge in [-0.1, -0.05) is 18.2 Å².